The van der Waals surface area contributed by atoms with Crippen LogP contribution in [0.4, 0.5) is 24.7 Å². The Labute approximate surface area is 196 Å². The van der Waals surface area contributed by atoms with Crippen LogP contribution >= 0.6 is 0 Å². The molecule has 1 saturated heterocycles. The van der Waals surface area contributed by atoms with Crippen molar-refractivity contribution in [1.29, 1.82) is 0 Å². The SMILES string of the molecule is CN1c2nc(-c3cccc(CN4CCS(=O)(=O)CC4)c3F)ccc2N(CC2CC2(F)F)S1(=O)=O. The first-order chi connectivity index (χ1) is 15.9. The average Bonchev–Trinajstić information content (AvgIpc) is 3.34. The average molecular weight is 517 g/mol. The van der Waals surface area contributed by atoms with Gasteiger partial charge in [0.05, 0.1) is 22.9 Å². The summed E-state index contributed by atoms with van der Waals surface area (Å²) in [5.74, 6) is -4.32. The second-order valence-electron chi connectivity index (χ2n) is 8.91. The molecule has 5 rings (SSSR count). The van der Waals surface area contributed by atoms with Gasteiger partial charge in [0, 0.05) is 56.7 Å². The Hall–Kier alpha value is -2.38. The Bertz CT molecular complexity index is 1350. The highest BCUT2D eigenvalue weighted by atomic mass is 32.2. The largest absolute Gasteiger partial charge is 0.327 e. The predicted octanol–water partition coefficient (Wildman–Crippen LogP) is 2.27. The summed E-state index contributed by atoms with van der Waals surface area (Å²) in [4.78, 5) is 6.23. The molecule has 0 radical (unpaired) electrons. The van der Waals surface area contributed by atoms with Gasteiger partial charge in [-0.2, -0.15) is 8.42 Å². The third kappa shape index (κ3) is 4.03. The van der Waals surface area contributed by atoms with E-state index in [1.54, 1.807) is 12.1 Å². The van der Waals surface area contributed by atoms with Gasteiger partial charge in [-0.15, -0.1) is 0 Å². The summed E-state index contributed by atoms with van der Waals surface area (Å²) in [6.45, 7) is 0.532. The zero-order valence-electron chi connectivity index (χ0n) is 18.3. The number of benzene rings is 1. The molecule has 2 fully saturated rings. The van der Waals surface area contributed by atoms with Crippen molar-refractivity contribution in [1.82, 2.24) is 9.88 Å². The summed E-state index contributed by atoms with van der Waals surface area (Å²) >= 11 is 0. The maximum Gasteiger partial charge on any atom is 0.327 e. The summed E-state index contributed by atoms with van der Waals surface area (Å²) < 4.78 is 93.0. The number of sulfone groups is 1. The van der Waals surface area contributed by atoms with Gasteiger partial charge in [-0.3, -0.25) is 4.90 Å². The fourth-order valence-electron chi connectivity index (χ4n) is 4.31. The highest BCUT2D eigenvalue weighted by Gasteiger charge is 2.59. The van der Waals surface area contributed by atoms with Crippen LogP contribution in [0.25, 0.3) is 11.3 Å². The molecule has 1 aliphatic carbocycles. The molecule has 0 bridgehead atoms. The van der Waals surface area contributed by atoms with Gasteiger partial charge in [0.2, 0.25) is 0 Å². The van der Waals surface area contributed by atoms with E-state index in [9.17, 15) is 25.6 Å². The Balaban J connectivity index is 1.43. The Kier molecular flexibility index (Phi) is 5.37. The molecule has 1 unspecified atom stereocenters. The number of rotatable bonds is 5. The van der Waals surface area contributed by atoms with Gasteiger partial charge in [0.25, 0.3) is 5.92 Å². The number of pyridine rings is 1. The molecule has 2 aliphatic heterocycles. The van der Waals surface area contributed by atoms with Crippen molar-refractivity contribution in [2.24, 2.45) is 5.92 Å². The summed E-state index contributed by atoms with van der Waals surface area (Å²) in [6, 6.07) is 7.73. The van der Waals surface area contributed by atoms with Crippen molar-refractivity contribution < 1.29 is 30.0 Å². The molecule has 0 N–H and O–H groups in total. The molecular formula is C21H23F3N4O4S2. The van der Waals surface area contributed by atoms with Gasteiger partial charge in [0.15, 0.2) is 15.7 Å². The van der Waals surface area contributed by atoms with Crippen molar-refractivity contribution in [2.45, 2.75) is 18.9 Å². The van der Waals surface area contributed by atoms with Crippen LogP contribution in [0.15, 0.2) is 30.3 Å². The molecular weight excluding hydrogens is 493 g/mol. The van der Waals surface area contributed by atoms with Crippen LogP contribution < -0.4 is 8.61 Å². The Morgan fingerprint density at radius 3 is 2.41 bits per heavy atom. The Morgan fingerprint density at radius 1 is 1.09 bits per heavy atom. The topological polar surface area (TPSA) is 90.9 Å². The summed E-state index contributed by atoms with van der Waals surface area (Å²) in [6.07, 6.45) is -0.357. The lowest BCUT2D eigenvalue weighted by Crippen LogP contribution is -2.39. The molecule has 3 heterocycles. The van der Waals surface area contributed by atoms with Gasteiger partial charge in [0.1, 0.15) is 5.82 Å². The molecule has 0 amide bonds. The number of nitrogens with zero attached hydrogens (tertiary/aromatic N) is 4. The molecule has 184 valence electrons. The van der Waals surface area contributed by atoms with E-state index in [4.69, 9.17) is 0 Å². The molecule has 13 heteroatoms. The fourth-order valence-corrected chi connectivity index (χ4v) is 6.99. The number of hydrogen-bond donors (Lipinski definition) is 0. The minimum absolute atomic E-state index is 0.0325. The highest BCUT2D eigenvalue weighted by molar-refractivity contribution is 7.94. The van der Waals surface area contributed by atoms with Crippen molar-refractivity contribution in [3.05, 3.63) is 41.7 Å². The van der Waals surface area contributed by atoms with Crippen molar-refractivity contribution in [3.8, 4) is 11.3 Å². The maximum atomic E-state index is 15.4. The third-order valence-electron chi connectivity index (χ3n) is 6.57. The summed E-state index contributed by atoms with van der Waals surface area (Å²) in [5.41, 5.74) is 0.931. The summed E-state index contributed by atoms with van der Waals surface area (Å²) in [5, 5.41) is 0. The first-order valence-corrected chi connectivity index (χ1v) is 14.0. The normalized spacial score (nSPS) is 24.8. The molecule has 1 aromatic carbocycles. The molecule has 34 heavy (non-hydrogen) atoms. The van der Waals surface area contributed by atoms with Crippen molar-refractivity contribution in [3.63, 3.8) is 0 Å². The summed E-state index contributed by atoms with van der Waals surface area (Å²) in [7, 11) is -5.82. The van der Waals surface area contributed by atoms with Gasteiger partial charge in [-0.05, 0) is 18.2 Å². The molecule has 8 nitrogen and oxygen atoms in total. The molecule has 1 saturated carbocycles. The molecule has 0 spiro atoms. The second kappa shape index (κ2) is 7.82. The number of anilines is 2. The highest BCUT2D eigenvalue weighted by Crippen LogP contribution is 2.51. The number of alkyl halides is 2. The lowest BCUT2D eigenvalue weighted by Gasteiger charge is -2.26. The predicted molar refractivity (Wildman–Crippen MR) is 121 cm³/mol. The van der Waals surface area contributed by atoms with Crippen LogP contribution in [0.2, 0.25) is 0 Å². The van der Waals surface area contributed by atoms with E-state index in [2.05, 4.69) is 4.98 Å². The Morgan fingerprint density at radius 2 is 1.76 bits per heavy atom. The van der Waals surface area contributed by atoms with Crippen LogP contribution in [-0.2, 0) is 26.6 Å². The molecule has 1 aromatic heterocycles. The number of aromatic nitrogens is 1. The van der Waals surface area contributed by atoms with Gasteiger partial charge in [-0.25, -0.2) is 35.2 Å². The lowest BCUT2D eigenvalue weighted by atomic mass is 10.1. The quantitative estimate of drug-likeness (QED) is 0.606. The van der Waals surface area contributed by atoms with E-state index >= 15 is 4.39 Å². The first kappa shape index (κ1) is 23.4. The second-order valence-corrected chi connectivity index (χ2v) is 13.1. The first-order valence-electron chi connectivity index (χ1n) is 10.7. The minimum Gasteiger partial charge on any atom is -0.297 e. The lowest BCUT2D eigenvalue weighted by molar-refractivity contribution is 0.101. The van der Waals surface area contributed by atoms with E-state index in [1.165, 1.54) is 25.2 Å². The van der Waals surface area contributed by atoms with E-state index < -0.39 is 37.7 Å². The number of hydrogen-bond acceptors (Lipinski definition) is 6. The van der Waals surface area contributed by atoms with Gasteiger partial charge >= 0.3 is 10.2 Å². The van der Waals surface area contributed by atoms with Crippen LogP contribution in [-0.4, -0.2) is 70.8 Å². The standard InChI is InChI=1S/C21H23F3N4O4S2/c1-26-20-18(28(34(26,31)32)13-15-11-21(15,23)24)6-5-17(25-20)16-4-2-3-14(19(16)22)12-27-7-9-33(29,30)10-8-27/h2-6,15H,7-13H2,1H3. The smallest absolute Gasteiger partial charge is 0.297 e. The molecule has 2 aromatic rings. The van der Waals surface area contributed by atoms with Crippen LogP contribution in [0.3, 0.4) is 0 Å². The maximum absolute atomic E-state index is 15.4. The van der Waals surface area contributed by atoms with E-state index in [0.29, 0.717) is 18.7 Å². The van der Waals surface area contributed by atoms with Crippen LogP contribution in [0.1, 0.15) is 12.0 Å². The van der Waals surface area contributed by atoms with E-state index in [-0.39, 0.29) is 53.8 Å². The molecule has 3 aliphatic rings. The van der Waals surface area contributed by atoms with Crippen LogP contribution in [0, 0.1) is 11.7 Å². The van der Waals surface area contributed by atoms with Gasteiger partial charge in [-0.1, -0.05) is 12.1 Å². The monoisotopic (exact) mass is 516 g/mol. The van der Waals surface area contributed by atoms with Crippen LogP contribution in [0.5, 0.6) is 0 Å². The van der Waals surface area contributed by atoms with E-state index in [1.807, 2.05) is 4.90 Å². The molecule has 1 atom stereocenters. The van der Waals surface area contributed by atoms with E-state index in [0.717, 1.165) is 8.61 Å². The number of halogens is 3. The zero-order chi connectivity index (χ0) is 24.5. The van der Waals surface area contributed by atoms with Crippen molar-refractivity contribution >= 4 is 31.6 Å². The third-order valence-corrected chi connectivity index (χ3v) is 9.95. The van der Waals surface area contributed by atoms with Gasteiger partial charge < -0.3 is 0 Å². The fraction of sp³-hybridized carbons (Fsp3) is 0.476. The zero-order valence-corrected chi connectivity index (χ0v) is 19.9. The minimum atomic E-state index is -4.05. The van der Waals surface area contributed by atoms with Crippen molar-refractivity contribution in [2.75, 3.05) is 46.8 Å². The number of fused-ring (bicyclic) bond motifs is 1.